The van der Waals surface area contributed by atoms with Crippen molar-refractivity contribution in [2.75, 3.05) is 13.1 Å². The van der Waals surface area contributed by atoms with E-state index in [-0.39, 0.29) is 22.6 Å². The van der Waals surface area contributed by atoms with E-state index in [1.165, 1.54) is 35.5 Å². The standard InChI is InChI=1S/C19H27N3O4S/c1-13(23)14-7-9-16(10-8-14)27(25,26)22-11-3-2-4-18(22)19(24)21-17(12-20)15-5-6-15/h7-10,15,17-18H,2-6,11-12,20H2,1H3,(H,21,24). The Bertz CT molecular complexity index is 803. The summed E-state index contributed by atoms with van der Waals surface area (Å²) in [5.41, 5.74) is 6.22. The van der Waals surface area contributed by atoms with E-state index in [9.17, 15) is 18.0 Å². The summed E-state index contributed by atoms with van der Waals surface area (Å²) >= 11 is 0. The predicted octanol–water partition coefficient (Wildman–Crippen LogP) is 1.29. The topological polar surface area (TPSA) is 110 Å². The Morgan fingerprint density at radius 1 is 1.19 bits per heavy atom. The highest BCUT2D eigenvalue weighted by atomic mass is 32.2. The maximum absolute atomic E-state index is 13.1. The van der Waals surface area contributed by atoms with Gasteiger partial charge in [-0.25, -0.2) is 8.42 Å². The van der Waals surface area contributed by atoms with Gasteiger partial charge < -0.3 is 11.1 Å². The van der Waals surface area contributed by atoms with Crippen LogP contribution in [0.25, 0.3) is 0 Å². The Morgan fingerprint density at radius 2 is 1.85 bits per heavy atom. The first-order valence-electron chi connectivity index (χ1n) is 9.48. The van der Waals surface area contributed by atoms with E-state index in [2.05, 4.69) is 5.32 Å². The molecule has 2 aliphatic rings. The molecule has 2 atom stereocenters. The number of rotatable bonds is 7. The maximum Gasteiger partial charge on any atom is 0.243 e. The molecular formula is C19H27N3O4S. The highest BCUT2D eigenvalue weighted by Crippen LogP contribution is 2.33. The van der Waals surface area contributed by atoms with Crippen LogP contribution in [-0.4, -0.2) is 49.6 Å². The molecule has 2 unspecified atom stereocenters. The van der Waals surface area contributed by atoms with E-state index in [1.807, 2.05) is 0 Å². The summed E-state index contributed by atoms with van der Waals surface area (Å²) in [4.78, 5) is 24.3. The fourth-order valence-corrected chi connectivity index (χ4v) is 5.25. The second kappa shape index (κ2) is 8.08. The number of amides is 1. The van der Waals surface area contributed by atoms with Crippen LogP contribution in [0.4, 0.5) is 0 Å². The fraction of sp³-hybridized carbons (Fsp3) is 0.579. The van der Waals surface area contributed by atoms with Gasteiger partial charge in [0.15, 0.2) is 5.78 Å². The number of carbonyl (C=O) groups excluding carboxylic acids is 2. The van der Waals surface area contributed by atoms with Gasteiger partial charge in [-0.2, -0.15) is 4.31 Å². The molecule has 1 amide bonds. The molecule has 2 fully saturated rings. The lowest BCUT2D eigenvalue weighted by Crippen LogP contribution is -2.55. The average Bonchev–Trinajstić information content (AvgIpc) is 3.51. The summed E-state index contributed by atoms with van der Waals surface area (Å²) < 4.78 is 27.5. The largest absolute Gasteiger partial charge is 0.350 e. The normalized spacial score (nSPS) is 22.2. The van der Waals surface area contributed by atoms with E-state index in [0.29, 0.717) is 31.0 Å². The molecule has 1 saturated heterocycles. The minimum atomic E-state index is -3.82. The van der Waals surface area contributed by atoms with Gasteiger partial charge in [-0.05, 0) is 50.7 Å². The number of ketones is 1. The second-order valence-corrected chi connectivity index (χ2v) is 9.29. The number of nitrogens with two attached hydrogens (primary N) is 1. The molecule has 1 aromatic carbocycles. The third-order valence-corrected chi connectivity index (χ3v) is 7.32. The molecule has 1 saturated carbocycles. The molecule has 3 N–H and O–H groups in total. The van der Waals surface area contributed by atoms with Crippen LogP contribution in [0, 0.1) is 5.92 Å². The van der Waals surface area contributed by atoms with E-state index in [0.717, 1.165) is 25.7 Å². The lowest BCUT2D eigenvalue weighted by Gasteiger charge is -2.34. The second-order valence-electron chi connectivity index (χ2n) is 7.40. The zero-order valence-corrected chi connectivity index (χ0v) is 16.4. The van der Waals surface area contributed by atoms with Crippen molar-refractivity contribution < 1.29 is 18.0 Å². The van der Waals surface area contributed by atoms with Gasteiger partial charge in [0.05, 0.1) is 4.90 Å². The molecule has 3 rings (SSSR count). The van der Waals surface area contributed by atoms with Crippen molar-refractivity contribution in [3.8, 4) is 0 Å². The lowest BCUT2D eigenvalue weighted by atomic mass is 10.0. The molecule has 1 aliphatic heterocycles. The molecule has 1 heterocycles. The number of nitrogens with zero attached hydrogens (tertiary/aromatic N) is 1. The maximum atomic E-state index is 13.1. The van der Waals surface area contributed by atoms with Crippen LogP contribution in [0.1, 0.15) is 49.4 Å². The molecule has 0 radical (unpaired) electrons. The Balaban J connectivity index is 1.80. The van der Waals surface area contributed by atoms with Crippen molar-refractivity contribution >= 4 is 21.7 Å². The van der Waals surface area contributed by atoms with Crippen LogP contribution in [0.2, 0.25) is 0 Å². The van der Waals surface area contributed by atoms with Crippen molar-refractivity contribution in [1.29, 1.82) is 0 Å². The van der Waals surface area contributed by atoms with Crippen molar-refractivity contribution in [2.45, 2.75) is 56.0 Å². The number of benzene rings is 1. The van der Waals surface area contributed by atoms with Crippen LogP contribution < -0.4 is 11.1 Å². The van der Waals surface area contributed by atoms with E-state index >= 15 is 0 Å². The Hall–Kier alpha value is -1.77. The minimum Gasteiger partial charge on any atom is -0.350 e. The van der Waals surface area contributed by atoms with Crippen LogP contribution in [0.15, 0.2) is 29.2 Å². The number of sulfonamides is 1. The summed E-state index contributed by atoms with van der Waals surface area (Å²) in [5.74, 6) is 0.0229. The number of hydrogen-bond donors (Lipinski definition) is 2. The molecule has 0 spiro atoms. The monoisotopic (exact) mass is 393 g/mol. The predicted molar refractivity (Wildman–Crippen MR) is 102 cm³/mol. The van der Waals surface area contributed by atoms with Crippen LogP contribution in [0.3, 0.4) is 0 Å². The van der Waals surface area contributed by atoms with Gasteiger partial charge in [-0.1, -0.05) is 18.6 Å². The van der Waals surface area contributed by atoms with Gasteiger partial charge >= 0.3 is 0 Å². The van der Waals surface area contributed by atoms with Gasteiger partial charge in [-0.3, -0.25) is 9.59 Å². The number of Topliss-reactive ketones (excluding diaryl/α,β-unsaturated/α-hetero) is 1. The molecule has 8 heteroatoms. The SMILES string of the molecule is CC(=O)c1ccc(S(=O)(=O)N2CCCCC2C(=O)NC(CN)C2CC2)cc1. The van der Waals surface area contributed by atoms with E-state index < -0.39 is 16.1 Å². The number of piperidine rings is 1. The molecule has 0 aromatic heterocycles. The van der Waals surface area contributed by atoms with Crippen LogP contribution in [-0.2, 0) is 14.8 Å². The number of hydrogen-bond acceptors (Lipinski definition) is 5. The van der Waals surface area contributed by atoms with Crippen molar-refractivity contribution in [3.63, 3.8) is 0 Å². The van der Waals surface area contributed by atoms with Crippen LogP contribution in [0.5, 0.6) is 0 Å². The molecule has 27 heavy (non-hydrogen) atoms. The molecule has 7 nitrogen and oxygen atoms in total. The number of carbonyl (C=O) groups is 2. The first kappa shape index (κ1) is 20.0. The molecule has 1 aromatic rings. The lowest BCUT2D eigenvalue weighted by molar-refractivity contribution is -0.126. The van der Waals surface area contributed by atoms with Gasteiger partial charge in [0, 0.05) is 24.7 Å². The summed E-state index contributed by atoms with van der Waals surface area (Å²) in [5, 5.41) is 2.96. The number of nitrogens with one attached hydrogen (secondary N) is 1. The Kier molecular flexibility index (Phi) is 5.98. The van der Waals surface area contributed by atoms with Gasteiger partial charge in [-0.15, -0.1) is 0 Å². The van der Waals surface area contributed by atoms with Gasteiger partial charge in [0.1, 0.15) is 6.04 Å². The fourth-order valence-electron chi connectivity index (χ4n) is 3.60. The van der Waals surface area contributed by atoms with Gasteiger partial charge in [0.2, 0.25) is 15.9 Å². The zero-order chi connectivity index (χ0) is 19.6. The van der Waals surface area contributed by atoms with E-state index in [4.69, 9.17) is 5.73 Å². The summed E-state index contributed by atoms with van der Waals surface area (Å²) in [6, 6.07) is 5.07. The van der Waals surface area contributed by atoms with Crippen LogP contribution >= 0.6 is 0 Å². The first-order chi connectivity index (χ1) is 12.8. The molecule has 148 valence electrons. The average molecular weight is 394 g/mol. The van der Waals surface area contributed by atoms with E-state index in [1.54, 1.807) is 0 Å². The summed E-state index contributed by atoms with van der Waals surface area (Å²) in [6.45, 7) is 2.11. The zero-order valence-electron chi connectivity index (χ0n) is 15.6. The first-order valence-corrected chi connectivity index (χ1v) is 10.9. The smallest absolute Gasteiger partial charge is 0.243 e. The quantitative estimate of drug-likeness (QED) is 0.678. The van der Waals surface area contributed by atoms with Crippen molar-refractivity contribution in [1.82, 2.24) is 9.62 Å². The minimum absolute atomic E-state index is 0.0844. The summed E-state index contributed by atoms with van der Waals surface area (Å²) in [7, 11) is -3.82. The highest BCUT2D eigenvalue weighted by Gasteiger charge is 2.39. The Morgan fingerprint density at radius 3 is 2.41 bits per heavy atom. The third kappa shape index (κ3) is 4.39. The van der Waals surface area contributed by atoms with Crippen molar-refractivity contribution in [3.05, 3.63) is 29.8 Å². The third-order valence-electron chi connectivity index (χ3n) is 5.40. The molecule has 1 aliphatic carbocycles. The van der Waals surface area contributed by atoms with Crippen molar-refractivity contribution in [2.24, 2.45) is 11.7 Å². The highest BCUT2D eigenvalue weighted by molar-refractivity contribution is 7.89. The Labute approximate surface area is 160 Å². The van der Waals surface area contributed by atoms with Gasteiger partial charge in [0.25, 0.3) is 0 Å². The summed E-state index contributed by atoms with van der Waals surface area (Å²) in [6.07, 6.45) is 4.13. The molecular weight excluding hydrogens is 366 g/mol. The molecule has 0 bridgehead atoms.